The molecule has 0 saturated carbocycles. The molecule has 1 amide bonds. The summed E-state index contributed by atoms with van der Waals surface area (Å²) >= 11 is 3.28. The van der Waals surface area contributed by atoms with Gasteiger partial charge in [0.25, 0.3) is 5.91 Å². The second-order valence-corrected chi connectivity index (χ2v) is 5.02. The molecule has 0 aliphatic heterocycles. The van der Waals surface area contributed by atoms with Gasteiger partial charge in [-0.3, -0.25) is 9.78 Å². The molecule has 5 nitrogen and oxygen atoms in total. The van der Waals surface area contributed by atoms with Crippen molar-refractivity contribution in [2.75, 3.05) is 12.8 Å². The zero-order valence-corrected chi connectivity index (χ0v) is 12.0. The van der Waals surface area contributed by atoms with Crippen LogP contribution in [0, 0.1) is 0 Å². The summed E-state index contributed by atoms with van der Waals surface area (Å²) in [5, 5.41) is 0. The summed E-state index contributed by atoms with van der Waals surface area (Å²) in [6, 6.07) is 5.41. The third-order valence-corrected chi connectivity index (χ3v) is 3.07. The van der Waals surface area contributed by atoms with Crippen LogP contribution in [0.15, 0.2) is 41.3 Å². The van der Waals surface area contributed by atoms with E-state index in [0.29, 0.717) is 12.1 Å². The lowest BCUT2D eigenvalue weighted by molar-refractivity contribution is 0.0785. The first-order valence-electron chi connectivity index (χ1n) is 5.63. The number of amides is 1. The minimum atomic E-state index is -0.164. The molecule has 0 aromatic carbocycles. The van der Waals surface area contributed by atoms with Crippen LogP contribution in [-0.2, 0) is 6.54 Å². The molecule has 6 heteroatoms. The largest absolute Gasteiger partial charge is 0.383 e. The monoisotopic (exact) mass is 320 g/mol. The Kier molecular flexibility index (Phi) is 4.11. The van der Waals surface area contributed by atoms with Crippen LogP contribution in [0.5, 0.6) is 0 Å². The number of pyridine rings is 2. The predicted octanol–water partition coefficient (Wildman–Crippen LogP) is 2.09. The molecule has 0 atom stereocenters. The van der Waals surface area contributed by atoms with Crippen LogP contribution in [0.3, 0.4) is 0 Å². The average Bonchev–Trinajstić information content (AvgIpc) is 2.42. The van der Waals surface area contributed by atoms with Gasteiger partial charge in [-0.2, -0.15) is 0 Å². The summed E-state index contributed by atoms with van der Waals surface area (Å²) in [6.45, 7) is 0.493. The number of halogens is 1. The third kappa shape index (κ3) is 3.29. The highest BCUT2D eigenvalue weighted by Crippen LogP contribution is 2.17. The van der Waals surface area contributed by atoms with Crippen molar-refractivity contribution in [1.29, 1.82) is 0 Å². The molecule has 2 aromatic rings. The van der Waals surface area contributed by atoms with E-state index < -0.39 is 0 Å². The molecule has 0 spiro atoms. The molecule has 0 bridgehead atoms. The number of nitrogens with two attached hydrogens (primary N) is 1. The number of hydrogen-bond donors (Lipinski definition) is 1. The van der Waals surface area contributed by atoms with Crippen molar-refractivity contribution >= 4 is 27.7 Å². The highest BCUT2D eigenvalue weighted by molar-refractivity contribution is 9.10. The maximum absolute atomic E-state index is 12.3. The second-order valence-electron chi connectivity index (χ2n) is 4.10. The molecule has 0 saturated heterocycles. The molecule has 98 valence electrons. The number of rotatable bonds is 3. The molecule has 2 aromatic heterocycles. The number of nitrogen functional groups attached to an aromatic ring is 1. The van der Waals surface area contributed by atoms with Gasteiger partial charge in [0, 0.05) is 36.7 Å². The summed E-state index contributed by atoms with van der Waals surface area (Å²) in [4.78, 5) is 21.8. The van der Waals surface area contributed by atoms with E-state index in [0.717, 1.165) is 10.0 Å². The summed E-state index contributed by atoms with van der Waals surface area (Å²) in [5.74, 6) is 0.0675. The van der Waals surface area contributed by atoms with Crippen molar-refractivity contribution in [3.63, 3.8) is 0 Å². The van der Waals surface area contributed by atoms with Gasteiger partial charge in [0.2, 0.25) is 0 Å². The van der Waals surface area contributed by atoms with Gasteiger partial charge in [0.1, 0.15) is 5.82 Å². The van der Waals surface area contributed by atoms with Crippen LogP contribution < -0.4 is 5.73 Å². The van der Waals surface area contributed by atoms with Crippen LogP contribution in [-0.4, -0.2) is 27.8 Å². The summed E-state index contributed by atoms with van der Waals surface area (Å²) in [6.07, 6.45) is 4.96. The number of anilines is 1. The maximum atomic E-state index is 12.3. The Morgan fingerprint density at radius 2 is 2.11 bits per heavy atom. The summed E-state index contributed by atoms with van der Waals surface area (Å²) < 4.78 is 0.724. The second kappa shape index (κ2) is 5.79. The van der Waals surface area contributed by atoms with Crippen molar-refractivity contribution in [3.8, 4) is 0 Å². The fourth-order valence-electron chi connectivity index (χ4n) is 1.66. The van der Waals surface area contributed by atoms with Crippen molar-refractivity contribution in [1.82, 2.24) is 14.9 Å². The van der Waals surface area contributed by atoms with Crippen LogP contribution in [0.1, 0.15) is 15.9 Å². The Morgan fingerprint density at radius 1 is 1.42 bits per heavy atom. The van der Waals surface area contributed by atoms with E-state index in [9.17, 15) is 4.79 Å². The van der Waals surface area contributed by atoms with E-state index in [1.54, 1.807) is 36.6 Å². The predicted molar refractivity (Wildman–Crippen MR) is 76.4 cm³/mol. The Hall–Kier alpha value is -1.95. The normalized spacial score (nSPS) is 10.2. The van der Waals surface area contributed by atoms with Crippen LogP contribution in [0.2, 0.25) is 0 Å². The lowest BCUT2D eigenvalue weighted by Crippen LogP contribution is -2.27. The third-order valence-electron chi connectivity index (χ3n) is 2.63. The quantitative estimate of drug-likeness (QED) is 0.940. The van der Waals surface area contributed by atoms with Gasteiger partial charge < -0.3 is 10.6 Å². The molecule has 19 heavy (non-hydrogen) atoms. The van der Waals surface area contributed by atoms with Gasteiger partial charge in [-0.15, -0.1) is 0 Å². The minimum absolute atomic E-state index is 0.164. The topological polar surface area (TPSA) is 72.1 Å². The Labute approximate surface area is 119 Å². The van der Waals surface area contributed by atoms with Gasteiger partial charge in [-0.25, -0.2) is 4.98 Å². The molecule has 0 aliphatic rings. The van der Waals surface area contributed by atoms with Gasteiger partial charge in [-0.05, 0) is 39.7 Å². The summed E-state index contributed by atoms with van der Waals surface area (Å²) in [5.41, 5.74) is 7.13. The Balaban J connectivity index is 2.17. The van der Waals surface area contributed by atoms with Gasteiger partial charge in [0.15, 0.2) is 0 Å². The highest BCUT2D eigenvalue weighted by Gasteiger charge is 2.16. The first-order valence-corrected chi connectivity index (χ1v) is 6.42. The maximum Gasteiger partial charge on any atom is 0.257 e. The fraction of sp³-hybridized carbons (Fsp3) is 0.154. The molecular weight excluding hydrogens is 308 g/mol. The number of aromatic nitrogens is 2. The standard InChI is InChI=1S/C13H13BrN4O/c1-18(8-9-2-4-16-5-3-9)13(19)11-6-10(14)7-17-12(11)15/h2-7H,8H2,1H3,(H2,15,17). The Morgan fingerprint density at radius 3 is 2.79 bits per heavy atom. The number of carbonyl (C=O) groups is 1. The smallest absolute Gasteiger partial charge is 0.257 e. The van der Waals surface area contributed by atoms with E-state index in [4.69, 9.17) is 5.73 Å². The lowest BCUT2D eigenvalue weighted by Gasteiger charge is -2.18. The van der Waals surface area contributed by atoms with Crippen molar-refractivity contribution in [2.45, 2.75) is 6.54 Å². The lowest BCUT2D eigenvalue weighted by atomic mass is 10.2. The molecule has 2 rings (SSSR count). The number of carbonyl (C=O) groups excluding carboxylic acids is 1. The van der Waals surface area contributed by atoms with Crippen molar-refractivity contribution in [2.24, 2.45) is 0 Å². The van der Waals surface area contributed by atoms with E-state index in [1.165, 1.54) is 0 Å². The zero-order chi connectivity index (χ0) is 13.8. The van der Waals surface area contributed by atoms with Gasteiger partial charge >= 0.3 is 0 Å². The van der Waals surface area contributed by atoms with Gasteiger partial charge in [-0.1, -0.05) is 0 Å². The van der Waals surface area contributed by atoms with E-state index in [2.05, 4.69) is 25.9 Å². The van der Waals surface area contributed by atoms with Gasteiger partial charge in [0.05, 0.1) is 5.56 Å². The molecular formula is C13H13BrN4O. The van der Waals surface area contributed by atoms with Crippen LogP contribution in [0.25, 0.3) is 0 Å². The van der Waals surface area contributed by atoms with Crippen molar-refractivity contribution in [3.05, 3.63) is 52.4 Å². The number of hydrogen-bond acceptors (Lipinski definition) is 4. The van der Waals surface area contributed by atoms with Crippen LogP contribution >= 0.6 is 15.9 Å². The Bertz CT molecular complexity index is 588. The average molecular weight is 321 g/mol. The molecule has 2 heterocycles. The SMILES string of the molecule is CN(Cc1ccncc1)C(=O)c1cc(Br)cnc1N. The van der Waals surface area contributed by atoms with E-state index >= 15 is 0 Å². The molecule has 0 unspecified atom stereocenters. The first-order chi connectivity index (χ1) is 9.08. The highest BCUT2D eigenvalue weighted by atomic mass is 79.9. The summed E-state index contributed by atoms with van der Waals surface area (Å²) in [7, 11) is 1.73. The van der Waals surface area contributed by atoms with E-state index in [1.807, 2.05) is 12.1 Å². The zero-order valence-electron chi connectivity index (χ0n) is 10.4. The molecule has 2 N–H and O–H groups in total. The fourth-order valence-corrected chi connectivity index (χ4v) is 1.99. The van der Waals surface area contributed by atoms with Crippen molar-refractivity contribution < 1.29 is 4.79 Å². The molecule has 0 aliphatic carbocycles. The number of nitrogens with zero attached hydrogens (tertiary/aromatic N) is 3. The molecule has 0 radical (unpaired) electrons. The molecule has 0 fully saturated rings. The van der Waals surface area contributed by atoms with E-state index in [-0.39, 0.29) is 11.7 Å². The first kappa shape index (κ1) is 13.5. The minimum Gasteiger partial charge on any atom is -0.383 e. The van der Waals surface area contributed by atoms with Crippen LogP contribution in [0.4, 0.5) is 5.82 Å².